The first kappa shape index (κ1) is 14.7. The fourth-order valence-electron chi connectivity index (χ4n) is 2.09. The van der Waals surface area contributed by atoms with E-state index in [-0.39, 0.29) is 11.9 Å². The molecule has 2 aromatic rings. The smallest absolute Gasteiger partial charge is 0.129 e. The van der Waals surface area contributed by atoms with Gasteiger partial charge in [-0.05, 0) is 42.0 Å². The minimum atomic E-state index is -0.246. The maximum Gasteiger partial charge on any atom is 0.129 e. The second-order valence-electron chi connectivity index (χ2n) is 4.08. The molecule has 1 heterocycles. The zero-order valence-corrected chi connectivity index (χ0v) is 13.8. The van der Waals surface area contributed by atoms with Gasteiger partial charge < -0.3 is 5.32 Å². The fourth-order valence-corrected chi connectivity index (χ4v) is 2.94. The van der Waals surface area contributed by atoms with Crippen LogP contribution in [0.2, 0.25) is 0 Å². The van der Waals surface area contributed by atoms with Crippen molar-refractivity contribution in [1.82, 2.24) is 15.1 Å². The number of benzene rings is 1. The second kappa shape index (κ2) is 6.15. The van der Waals surface area contributed by atoms with E-state index in [1.54, 1.807) is 12.3 Å². The molecule has 1 atom stereocenters. The molecule has 0 bridgehead atoms. The lowest BCUT2D eigenvalue weighted by Crippen LogP contribution is -2.22. The topological polar surface area (TPSA) is 29.9 Å². The Morgan fingerprint density at radius 1 is 1.42 bits per heavy atom. The summed E-state index contributed by atoms with van der Waals surface area (Å²) in [6, 6.07) is 4.84. The lowest BCUT2D eigenvalue weighted by atomic mass is 10.0. The average Bonchev–Trinajstić information content (AvgIpc) is 2.74. The van der Waals surface area contributed by atoms with Crippen molar-refractivity contribution in [2.24, 2.45) is 0 Å². The summed E-state index contributed by atoms with van der Waals surface area (Å²) in [4.78, 5) is 0. The van der Waals surface area contributed by atoms with E-state index in [2.05, 4.69) is 42.3 Å². The normalized spacial score (nSPS) is 12.7. The van der Waals surface area contributed by atoms with Crippen molar-refractivity contribution in [3.63, 3.8) is 0 Å². The summed E-state index contributed by atoms with van der Waals surface area (Å²) in [5.41, 5.74) is 1.52. The van der Waals surface area contributed by atoms with Crippen molar-refractivity contribution in [2.45, 2.75) is 19.5 Å². The lowest BCUT2D eigenvalue weighted by molar-refractivity contribution is 0.531. The predicted octanol–water partition coefficient (Wildman–Crippen LogP) is 3.88. The summed E-state index contributed by atoms with van der Waals surface area (Å²) in [5, 5.41) is 7.42. The molecule has 102 valence electrons. The van der Waals surface area contributed by atoms with E-state index in [0.717, 1.165) is 21.2 Å². The van der Waals surface area contributed by atoms with Crippen molar-refractivity contribution in [2.75, 3.05) is 7.05 Å². The van der Waals surface area contributed by atoms with Gasteiger partial charge in [0.25, 0.3) is 0 Å². The molecule has 0 aliphatic rings. The lowest BCUT2D eigenvalue weighted by Gasteiger charge is -2.19. The van der Waals surface area contributed by atoms with Gasteiger partial charge in [-0.15, -0.1) is 0 Å². The van der Waals surface area contributed by atoms with Gasteiger partial charge in [0.05, 0.1) is 22.4 Å². The van der Waals surface area contributed by atoms with E-state index < -0.39 is 0 Å². The van der Waals surface area contributed by atoms with Crippen LogP contribution in [-0.2, 0) is 6.54 Å². The van der Waals surface area contributed by atoms with Gasteiger partial charge in [-0.2, -0.15) is 5.10 Å². The largest absolute Gasteiger partial charge is 0.308 e. The molecule has 1 unspecified atom stereocenters. The molecule has 0 saturated heterocycles. The summed E-state index contributed by atoms with van der Waals surface area (Å²) in [6.07, 6.45) is 1.74. The Morgan fingerprint density at radius 2 is 2.16 bits per heavy atom. The first-order chi connectivity index (χ1) is 9.08. The first-order valence-electron chi connectivity index (χ1n) is 5.91. The monoisotopic (exact) mass is 389 g/mol. The Balaban J connectivity index is 2.52. The van der Waals surface area contributed by atoms with Crippen molar-refractivity contribution < 1.29 is 4.39 Å². The summed E-state index contributed by atoms with van der Waals surface area (Å²) in [6.45, 7) is 2.74. The molecule has 6 heteroatoms. The predicted molar refractivity (Wildman–Crippen MR) is 80.6 cm³/mol. The van der Waals surface area contributed by atoms with Crippen LogP contribution in [0.1, 0.15) is 24.2 Å². The summed E-state index contributed by atoms with van der Waals surface area (Å²) < 4.78 is 17.6. The zero-order chi connectivity index (χ0) is 14.0. The van der Waals surface area contributed by atoms with Crippen molar-refractivity contribution in [3.05, 3.63) is 50.4 Å². The van der Waals surface area contributed by atoms with Crippen LogP contribution in [0.15, 0.2) is 33.3 Å². The molecule has 2 rings (SSSR count). The SMILES string of the molecule is CCn1ncc(Br)c1C(NC)c1ccc(Br)cc1F. The molecule has 1 aromatic heterocycles. The van der Waals surface area contributed by atoms with E-state index in [0.29, 0.717) is 5.56 Å². The van der Waals surface area contributed by atoms with Gasteiger partial charge in [0.2, 0.25) is 0 Å². The maximum absolute atomic E-state index is 14.1. The molecule has 0 radical (unpaired) electrons. The first-order valence-corrected chi connectivity index (χ1v) is 7.50. The molecule has 1 N–H and O–H groups in total. The average molecular weight is 391 g/mol. The van der Waals surface area contributed by atoms with Gasteiger partial charge in [0.15, 0.2) is 0 Å². The molecule has 0 spiro atoms. The van der Waals surface area contributed by atoms with Crippen LogP contribution in [-0.4, -0.2) is 16.8 Å². The van der Waals surface area contributed by atoms with Gasteiger partial charge in [0.1, 0.15) is 5.82 Å². The van der Waals surface area contributed by atoms with Crippen LogP contribution >= 0.6 is 31.9 Å². The number of nitrogens with zero attached hydrogens (tertiary/aromatic N) is 2. The van der Waals surface area contributed by atoms with Crippen LogP contribution in [0.3, 0.4) is 0 Å². The second-order valence-corrected chi connectivity index (χ2v) is 5.85. The standard InChI is InChI=1S/C13H14Br2FN3/c1-3-19-13(10(15)7-18-19)12(17-2)9-5-4-8(14)6-11(9)16/h4-7,12,17H,3H2,1-2H3. The summed E-state index contributed by atoms with van der Waals surface area (Å²) in [5.74, 6) is -0.246. The van der Waals surface area contributed by atoms with Crippen LogP contribution in [0.5, 0.6) is 0 Å². The molecular formula is C13H14Br2FN3. The number of rotatable bonds is 4. The Kier molecular flexibility index (Phi) is 4.76. The Morgan fingerprint density at radius 3 is 2.74 bits per heavy atom. The Labute approximate surface area is 128 Å². The van der Waals surface area contributed by atoms with Gasteiger partial charge in [0, 0.05) is 16.6 Å². The highest BCUT2D eigenvalue weighted by molar-refractivity contribution is 9.10. The van der Waals surface area contributed by atoms with Gasteiger partial charge in [-0.1, -0.05) is 22.0 Å². The molecule has 1 aromatic carbocycles. The molecule has 3 nitrogen and oxygen atoms in total. The number of nitrogens with one attached hydrogen (secondary N) is 1. The molecule has 19 heavy (non-hydrogen) atoms. The van der Waals surface area contributed by atoms with Crippen LogP contribution in [0, 0.1) is 5.82 Å². The molecule has 0 fully saturated rings. The minimum Gasteiger partial charge on any atom is -0.308 e. The Hall–Kier alpha value is -0.720. The van der Waals surface area contributed by atoms with E-state index >= 15 is 0 Å². The molecule has 0 aliphatic heterocycles. The zero-order valence-electron chi connectivity index (χ0n) is 10.6. The van der Waals surface area contributed by atoms with Crippen molar-refractivity contribution >= 4 is 31.9 Å². The summed E-state index contributed by atoms with van der Waals surface area (Å²) >= 11 is 6.75. The van der Waals surface area contributed by atoms with Crippen molar-refractivity contribution in [3.8, 4) is 0 Å². The van der Waals surface area contributed by atoms with Gasteiger partial charge in [-0.3, -0.25) is 4.68 Å². The van der Waals surface area contributed by atoms with Crippen LogP contribution < -0.4 is 5.32 Å². The van der Waals surface area contributed by atoms with E-state index in [1.165, 1.54) is 6.07 Å². The number of aryl methyl sites for hydroxylation is 1. The number of hydrogen-bond donors (Lipinski definition) is 1. The summed E-state index contributed by atoms with van der Waals surface area (Å²) in [7, 11) is 1.81. The maximum atomic E-state index is 14.1. The fraction of sp³-hybridized carbons (Fsp3) is 0.308. The molecular weight excluding hydrogens is 377 g/mol. The van der Waals surface area contributed by atoms with Crippen molar-refractivity contribution in [1.29, 1.82) is 0 Å². The number of aromatic nitrogens is 2. The van der Waals surface area contributed by atoms with E-state index in [9.17, 15) is 4.39 Å². The minimum absolute atomic E-state index is 0.245. The third-order valence-electron chi connectivity index (χ3n) is 2.97. The third-order valence-corrected chi connectivity index (χ3v) is 4.07. The molecule has 0 amide bonds. The highest BCUT2D eigenvalue weighted by Gasteiger charge is 2.22. The van der Waals surface area contributed by atoms with Gasteiger partial charge >= 0.3 is 0 Å². The third kappa shape index (κ3) is 2.90. The van der Waals surface area contributed by atoms with E-state index in [4.69, 9.17) is 0 Å². The number of hydrogen-bond acceptors (Lipinski definition) is 2. The van der Waals surface area contributed by atoms with Crippen LogP contribution in [0.4, 0.5) is 4.39 Å². The highest BCUT2D eigenvalue weighted by atomic mass is 79.9. The quantitative estimate of drug-likeness (QED) is 0.858. The highest BCUT2D eigenvalue weighted by Crippen LogP contribution is 2.30. The Bertz CT molecular complexity index is 583. The van der Waals surface area contributed by atoms with E-state index in [1.807, 2.05) is 24.7 Å². The molecule has 0 saturated carbocycles. The number of halogens is 3. The molecule has 0 aliphatic carbocycles. The van der Waals surface area contributed by atoms with Gasteiger partial charge in [-0.25, -0.2) is 4.39 Å². The van der Waals surface area contributed by atoms with Crippen LogP contribution in [0.25, 0.3) is 0 Å².